The van der Waals surface area contributed by atoms with Crippen LogP contribution in [0.2, 0.25) is 5.02 Å². The van der Waals surface area contributed by atoms with Crippen LogP contribution in [0.25, 0.3) is 0 Å². The number of carbonyl (C=O) groups is 1. The van der Waals surface area contributed by atoms with Crippen LogP contribution < -0.4 is 20.1 Å². The molecule has 7 nitrogen and oxygen atoms in total. The Bertz CT molecular complexity index is 1020. The van der Waals surface area contributed by atoms with E-state index in [-0.39, 0.29) is 29.0 Å². The molecule has 1 saturated carbocycles. The van der Waals surface area contributed by atoms with Gasteiger partial charge in [0.2, 0.25) is 0 Å². The summed E-state index contributed by atoms with van der Waals surface area (Å²) >= 11 is 6.41. The van der Waals surface area contributed by atoms with Gasteiger partial charge in [0.1, 0.15) is 10.8 Å². The summed E-state index contributed by atoms with van der Waals surface area (Å²) in [4.78, 5) is 12.8. The number of aromatic nitrogens is 2. The number of nitrogens with zero attached hydrogens (tertiary/aromatic N) is 2. The van der Waals surface area contributed by atoms with E-state index >= 15 is 0 Å². The minimum absolute atomic E-state index is 0.0214. The molecule has 11 heteroatoms. The molecular weight excluding hydrogens is 461 g/mol. The van der Waals surface area contributed by atoms with E-state index < -0.39 is 24.2 Å². The highest BCUT2D eigenvalue weighted by molar-refractivity contribution is 6.36. The molecule has 2 N–H and O–H groups in total. The fourth-order valence-electron chi connectivity index (χ4n) is 4.52. The van der Waals surface area contributed by atoms with Gasteiger partial charge in [-0.2, -0.15) is 18.3 Å². The molecule has 1 aliphatic heterocycles. The zero-order valence-corrected chi connectivity index (χ0v) is 19.1. The highest BCUT2D eigenvalue weighted by Gasteiger charge is 2.48. The Morgan fingerprint density at radius 1 is 1.18 bits per heavy atom. The summed E-state index contributed by atoms with van der Waals surface area (Å²) in [6, 6.07) is 2.23. The SMILES string of the molecule is COc1ccc(C2CC(C(F)(F)F)n3nc(C(=O)NC4CCCCC4)c(Cl)c3N2)cc1OC. The summed E-state index contributed by atoms with van der Waals surface area (Å²) < 4.78 is 53.3. The lowest BCUT2D eigenvalue weighted by molar-refractivity contribution is -0.173. The van der Waals surface area contributed by atoms with Gasteiger partial charge in [-0.25, -0.2) is 4.68 Å². The van der Waals surface area contributed by atoms with Crippen molar-refractivity contribution >= 4 is 23.3 Å². The second-order valence-electron chi connectivity index (χ2n) is 8.37. The molecule has 4 rings (SSSR count). The number of alkyl halides is 3. The predicted molar refractivity (Wildman–Crippen MR) is 117 cm³/mol. The van der Waals surface area contributed by atoms with E-state index in [9.17, 15) is 18.0 Å². The van der Waals surface area contributed by atoms with Gasteiger partial charge < -0.3 is 20.1 Å². The molecule has 180 valence electrons. The third-order valence-electron chi connectivity index (χ3n) is 6.26. The minimum Gasteiger partial charge on any atom is -0.493 e. The molecule has 1 fully saturated rings. The first kappa shape index (κ1) is 23.5. The molecule has 1 aromatic carbocycles. The largest absolute Gasteiger partial charge is 0.493 e. The summed E-state index contributed by atoms with van der Waals surface area (Å²) in [5.41, 5.74) is 0.366. The van der Waals surface area contributed by atoms with Gasteiger partial charge in [-0.05, 0) is 30.5 Å². The number of amides is 1. The van der Waals surface area contributed by atoms with E-state index in [0.717, 1.165) is 36.8 Å². The molecule has 2 unspecified atom stereocenters. The Morgan fingerprint density at radius 2 is 1.88 bits per heavy atom. The van der Waals surface area contributed by atoms with Gasteiger partial charge in [-0.3, -0.25) is 4.79 Å². The summed E-state index contributed by atoms with van der Waals surface area (Å²) in [5.74, 6) is 0.283. The number of hydrogen-bond donors (Lipinski definition) is 2. The van der Waals surface area contributed by atoms with Gasteiger partial charge >= 0.3 is 6.18 Å². The third kappa shape index (κ3) is 4.71. The predicted octanol–water partition coefficient (Wildman–Crippen LogP) is 5.28. The maximum absolute atomic E-state index is 14.0. The van der Waals surface area contributed by atoms with Crippen molar-refractivity contribution in [2.24, 2.45) is 0 Å². The van der Waals surface area contributed by atoms with Crippen LogP contribution in [-0.4, -0.2) is 42.1 Å². The second-order valence-corrected chi connectivity index (χ2v) is 8.75. The summed E-state index contributed by atoms with van der Waals surface area (Å²) in [6.07, 6.45) is -0.123. The molecule has 2 heterocycles. The van der Waals surface area contributed by atoms with E-state index in [1.54, 1.807) is 18.2 Å². The average molecular weight is 487 g/mol. The molecule has 0 bridgehead atoms. The number of hydrogen-bond acceptors (Lipinski definition) is 5. The number of methoxy groups -OCH3 is 2. The van der Waals surface area contributed by atoms with Crippen LogP contribution in [0.15, 0.2) is 18.2 Å². The lowest BCUT2D eigenvalue weighted by Crippen LogP contribution is -2.37. The van der Waals surface area contributed by atoms with Gasteiger partial charge in [0, 0.05) is 12.5 Å². The Morgan fingerprint density at radius 3 is 2.52 bits per heavy atom. The highest BCUT2D eigenvalue weighted by Crippen LogP contribution is 2.47. The van der Waals surface area contributed by atoms with Gasteiger partial charge in [0.05, 0.1) is 20.3 Å². The molecule has 1 aromatic heterocycles. The number of carbonyl (C=O) groups excluding carboxylic acids is 1. The van der Waals surface area contributed by atoms with Crippen molar-refractivity contribution in [2.45, 2.75) is 62.8 Å². The van der Waals surface area contributed by atoms with Crippen molar-refractivity contribution in [1.29, 1.82) is 0 Å². The van der Waals surface area contributed by atoms with Crippen LogP contribution in [0.5, 0.6) is 11.5 Å². The van der Waals surface area contributed by atoms with E-state index in [1.165, 1.54) is 14.2 Å². The van der Waals surface area contributed by atoms with Crippen LogP contribution in [0, 0.1) is 0 Å². The molecule has 0 saturated heterocycles. The summed E-state index contributed by atoms with van der Waals surface area (Å²) in [7, 11) is 2.94. The van der Waals surface area contributed by atoms with Crippen molar-refractivity contribution < 1.29 is 27.4 Å². The van der Waals surface area contributed by atoms with E-state index in [1.807, 2.05) is 0 Å². The van der Waals surface area contributed by atoms with E-state index in [4.69, 9.17) is 21.1 Å². The first-order chi connectivity index (χ1) is 15.7. The zero-order chi connectivity index (χ0) is 23.8. The maximum Gasteiger partial charge on any atom is 0.410 e. The number of nitrogens with one attached hydrogen (secondary N) is 2. The number of ether oxygens (including phenoxy) is 2. The van der Waals surface area contributed by atoms with Gasteiger partial charge in [-0.1, -0.05) is 36.9 Å². The zero-order valence-electron chi connectivity index (χ0n) is 18.3. The van der Waals surface area contributed by atoms with Crippen LogP contribution >= 0.6 is 11.6 Å². The molecule has 1 amide bonds. The second kappa shape index (κ2) is 9.32. The first-order valence-corrected chi connectivity index (χ1v) is 11.2. The molecule has 2 aliphatic rings. The smallest absolute Gasteiger partial charge is 0.410 e. The van der Waals surface area contributed by atoms with Crippen molar-refractivity contribution in [3.05, 3.63) is 34.5 Å². The Kier molecular flexibility index (Phi) is 6.65. The monoisotopic (exact) mass is 486 g/mol. The van der Waals surface area contributed by atoms with Gasteiger partial charge in [0.25, 0.3) is 5.91 Å². The minimum atomic E-state index is -4.59. The molecular formula is C22H26ClF3N4O3. The third-order valence-corrected chi connectivity index (χ3v) is 6.62. The fraction of sp³-hybridized carbons (Fsp3) is 0.545. The number of anilines is 1. The molecule has 0 spiro atoms. The quantitative estimate of drug-likeness (QED) is 0.601. The molecule has 1 aliphatic carbocycles. The van der Waals surface area contributed by atoms with Crippen LogP contribution in [0.3, 0.4) is 0 Å². The van der Waals surface area contributed by atoms with Gasteiger partial charge in [-0.15, -0.1) is 0 Å². The van der Waals surface area contributed by atoms with Crippen molar-refractivity contribution in [3.63, 3.8) is 0 Å². The Labute approximate surface area is 194 Å². The first-order valence-electron chi connectivity index (χ1n) is 10.9. The standard InChI is InChI=1S/C22H26ClF3N4O3/c1-32-15-9-8-12(10-16(15)33-2)14-11-17(22(24,25)26)30-20(28-14)18(23)19(29-30)21(31)27-13-6-4-3-5-7-13/h8-10,13-14,17,28H,3-7,11H2,1-2H3,(H,27,31). The molecule has 33 heavy (non-hydrogen) atoms. The summed E-state index contributed by atoms with van der Waals surface area (Å²) in [5, 5.41) is 9.79. The Hall–Kier alpha value is -2.62. The molecule has 2 atom stereocenters. The number of benzene rings is 1. The van der Waals surface area contributed by atoms with E-state index in [0.29, 0.717) is 17.1 Å². The fourth-order valence-corrected chi connectivity index (χ4v) is 4.79. The van der Waals surface area contributed by atoms with Crippen LogP contribution in [-0.2, 0) is 0 Å². The van der Waals surface area contributed by atoms with Crippen molar-refractivity contribution in [1.82, 2.24) is 15.1 Å². The number of halogens is 4. The van der Waals surface area contributed by atoms with Gasteiger partial charge in [0.15, 0.2) is 23.2 Å². The number of fused-ring (bicyclic) bond motifs is 1. The maximum atomic E-state index is 14.0. The highest BCUT2D eigenvalue weighted by atomic mass is 35.5. The summed E-state index contributed by atoms with van der Waals surface area (Å²) in [6.45, 7) is 0. The Balaban J connectivity index is 1.66. The lowest BCUT2D eigenvalue weighted by atomic mass is 9.95. The van der Waals surface area contributed by atoms with Crippen molar-refractivity contribution in [3.8, 4) is 11.5 Å². The van der Waals surface area contributed by atoms with Crippen LogP contribution in [0.1, 0.15) is 66.7 Å². The molecule has 2 aromatic rings. The topological polar surface area (TPSA) is 77.4 Å². The van der Waals surface area contributed by atoms with E-state index in [2.05, 4.69) is 15.7 Å². The molecule has 0 radical (unpaired) electrons. The van der Waals surface area contributed by atoms with Crippen molar-refractivity contribution in [2.75, 3.05) is 19.5 Å². The number of rotatable bonds is 5. The average Bonchev–Trinajstić information content (AvgIpc) is 3.14. The lowest BCUT2D eigenvalue weighted by Gasteiger charge is -2.33. The normalized spacial score (nSPS) is 21.2. The van der Waals surface area contributed by atoms with Crippen LogP contribution in [0.4, 0.5) is 19.0 Å².